The van der Waals surface area contributed by atoms with Crippen molar-refractivity contribution in [2.24, 2.45) is 0 Å². The molecule has 0 spiro atoms. The fourth-order valence-electron chi connectivity index (χ4n) is 3.41. The fraction of sp³-hybridized carbons (Fsp3) is 0.143. The van der Waals surface area contributed by atoms with Crippen molar-refractivity contribution in [3.05, 3.63) is 84.4 Å². The van der Waals surface area contributed by atoms with Crippen LogP contribution in [0, 0.1) is 0 Å². The summed E-state index contributed by atoms with van der Waals surface area (Å²) in [6.45, 7) is 0.242. The molecule has 2 heterocycles. The molecule has 1 aliphatic rings. The minimum Gasteiger partial charge on any atom is -0.375 e. The van der Waals surface area contributed by atoms with Crippen molar-refractivity contribution >= 4 is 67.8 Å². The van der Waals surface area contributed by atoms with E-state index in [0.29, 0.717) is 26.2 Å². The third-order valence-electron chi connectivity index (χ3n) is 4.81. The molecule has 0 aliphatic carbocycles. The summed E-state index contributed by atoms with van der Waals surface area (Å²) in [7, 11) is 0. The Kier molecular flexibility index (Phi) is 5.57. The Morgan fingerprint density at radius 1 is 1.07 bits per heavy atom. The number of Topliss-reactive ketones (excluding diaryl/α,β-unsaturated/α-hetero) is 1. The molecule has 8 heteroatoms. The molecule has 4 nitrogen and oxygen atoms in total. The molecule has 0 radical (unpaired) electrons. The average Bonchev–Trinajstić information content (AvgIpc) is 3.20. The number of ketones is 1. The monoisotopic (exact) mass is 509 g/mol. The number of halogens is 3. The first-order chi connectivity index (χ1) is 13.8. The Bertz CT molecular complexity index is 1120. The van der Waals surface area contributed by atoms with Crippen molar-refractivity contribution in [1.29, 1.82) is 0 Å². The number of carbonyl (C=O) groups is 2. The number of anilines is 1. The van der Waals surface area contributed by atoms with E-state index in [0.717, 1.165) is 9.35 Å². The van der Waals surface area contributed by atoms with E-state index in [1.54, 1.807) is 42.5 Å². The van der Waals surface area contributed by atoms with Crippen molar-refractivity contribution < 1.29 is 14.7 Å². The highest BCUT2D eigenvalue weighted by Gasteiger charge is 2.51. The minimum atomic E-state index is -1.97. The van der Waals surface area contributed by atoms with Gasteiger partial charge in [0.1, 0.15) is 0 Å². The van der Waals surface area contributed by atoms with Crippen LogP contribution in [0.3, 0.4) is 0 Å². The van der Waals surface area contributed by atoms with Gasteiger partial charge in [0.25, 0.3) is 5.91 Å². The molecule has 1 aromatic heterocycles. The van der Waals surface area contributed by atoms with E-state index in [4.69, 9.17) is 23.2 Å². The lowest BCUT2D eigenvalue weighted by molar-refractivity contribution is -0.136. The third-order valence-corrected chi connectivity index (χ3v) is 6.96. The minimum absolute atomic E-state index is 0.242. The second-order valence-corrected chi connectivity index (χ2v) is 10.1. The maximum absolute atomic E-state index is 13.3. The van der Waals surface area contributed by atoms with E-state index < -0.39 is 11.5 Å². The van der Waals surface area contributed by atoms with E-state index in [1.807, 2.05) is 12.1 Å². The third kappa shape index (κ3) is 3.88. The summed E-state index contributed by atoms with van der Waals surface area (Å²) in [5.74, 6) is -0.857. The SMILES string of the molecule is O=C(C[C@@]1(O)C(=O)N(Cc2ccc(Cl)cc2)c2ccc(Cl)cc21)c1ccc(Br)s1. The highest BCUT2D eigenvalue weighted by molar-refractivity contribution is 9.11. The van der Waals surface area contributed by atoms with Crippen LogP contribution in [0.1, 0.15) is 27.2 Å². The summed E-state index contributed by atoms with van der Waals surface area (Å²) < 4.78 is 0.804. The van der Waals surface area contributed by atoms with Crippen LogP contribution >= 0.6 is 50.5 Å². The van der Waals surface area contributed by atoms with Crippen LogP contribution in [0.5, 0.6) is 0 Å². The quantitative estimate of drug-likeness (QED) is 0.439. The zero-order chi connectivity index (χ0) is 20.8. The molecule has 0 bridgehead atoms. The van der Waals surface area contributed by atoms with E-state index in [1.165, 1.54) is 16.2 Å². The molecule has 29 heavy (non-hydrogen) atoms. The average molecular weight is 511 g/mol. The molecular formula is C21H14BrCl2NO3S. The summed E-state index contributed by atoms with van der Waals surface area (Å²) >= 11 is 16.7. The van der Waals surface area contributed by atoms with E-state index in [9.17, 15) is 14.7 Å². The normalized spacial score (nSPS) is 18.2. The van der Waals surface area contributed by atoms with Crippen LogP contribution in [0.4, 0.5) is 5.69 Å². The Labute approximate surface area is 189 Å². The molecule has 148 valence electrons. The Morgan fingerprint density at radius 2 is 1.76 bits per heavy atom. The summed E-state index contributed by atoms with van der Waals surface area (Å²) in [6.07, 6.45) is -0.358. The van der Waals surface area contributed by atoms with Gasteiger partial charge in [0, 0.05) is 15.6 Å². The molecule has 1 N–H and O–H groups in total. The number of benzene rings is 2. The lowest BCUT2D eigenvalue weighted by atomic mass is 9.89. The van der Waals surface area contributed by atoms with Gasteiger partial charge in [-0.1, -0.05) is 35.3 Å². The van der Waals surface area contributed by atoms with Crippen LogP contribution in [0.25, 0.3) is 0 Å². The summed E-state index contributed by atoms with van der Waals surface area (Å²) in [4.78, 5) is 28.0. The zero-order valence-corrected chi connectivity index (χ0v) is 18.8. The zero-order valence-electron chi connectivity index (χ0n) is 14.9. The van der Waals surface area contributed by atoms with Crippen LogP contribution in [-0.4, -0.2) is 16.8 Å². The van der Waals surface area contributed by atoms with Gasteiger partial charge in [-0.3, -0.25) is 9.59 Å². The van der Waals surface area contributed by atoms with Crippen molar-refractivity contribution in [3.8, 4) is 0 Å². The van der Waals surface area contributed by atoms with E-state index in [2.05, 4.69) is 15.9 Å². The molecular weight excluding hydrogens is 497 g/mol. The lowest BCUT2D eigenvalue weighted by Gasteiger charge is -2.22. The lowest BCUT2D eigenvalue weighted by Crippen LogP contribution is -2.41. The van der Waals surface area contributed by atoms with Gasteiger partial charge in [-0.05, 0) is 64.0 Å². The maximum Gasteiger partial charge on any atom is 0.264 e. The smallest absolute Gasteiger partial charge is 0.264 e. The summed E-state index contributed by atoms with van der Waals surface area (Å²) in [5, 5.41) is 12.3. The molecule has 3 aromatic rings. The van der Waals surface area contributed by atoms with Crippen molar-refractivity contribution in [2.75, 3.05) is 4.90 Å². The predicted octanol–water partition coefficient (Wildman–Crippen LogP) is 5.82. The van der Waals surface area contributed by atoms with Gasteiger partial charge in [-0.2, -0.15) is 0 Å². The molecule has 0 saturated carbocycles. The molecule has 0 unspecified atom stereocenters. The van der Waals surface area contributed by atoms with Gasteiger partial charge in [-0.25, -0.2) is 0 Å². The number of amides is 1. The number of fused-ring (bicyclic) bond motifs is 1. The van der Waals surface area contributed by atoms with E-state index in [-0.39, 0.29) is 18.7 Å². The highest BCUT2D eigenvalue weighted by Crippen LogP contribution is 2.45. The molecule has 1 atom stereocenters. The molecule has 4 rings (SSSR count). The van der Waals surface area contributed by atoms with Gasteiger partial charge >= 0.3 is 0 Å². The number of aliphatic hydroxyl groups is 1. The molecule has 0 saturated heterocycles. The number of hydrogen-bond donors (Lipinski definition) is 1. The van der Waals surface area contributed by atoms with Gasteiger partial charge < -0.3 is 10.0 Å². The first-order valence-electron chi connectivity index (χ1n) is 8.65. The van der Waals surface area contributed by atoms with Crippen molar-refractivity contribution in [2.45, 2.75) is 18.6 Å². The standard InChI is InChI=1S/C21H14BrCl2NO3S/c22-19-8-7-18(29-19)17(26)10-21(28)15-9-14(24)5-6-16(15)25(20(21)27)11-12-1-3-13(23)4-2-12/h1-9,28H,10-11H2/t21-/m0/s1. The summed E-state index contributed by atoms with van der Waals surface area (Å²) in [5.41, 5.74) is -0.244. The predicted molar refractivity (Wildman–Crippen MR) is 119 cm³/mol. The number of carbonyl (C=O) groups excluding carboxylic acids is 2. The van der Waals surface area contributed by atoms with Gasteiger partial charge in [-0.15, -0.1) is 11.3 Å². The molecule has 2 aromatic carbocycles. The fourth-order valence-corrected chi connectivity index (χ4v) is 5.03. The van der Waals surface area contributed by atoms with Crippen LogP contribution in [0.2, 0.25) is 10.0 Å². The molecule has 1 amide bonds. The Morgan fingerprint density at radius 3 is 2.41 bits per heavy atom. The maximum atomic E-state index is 13.3. The van der Waals surface area contributed by atoms with Gasteiger partial charge in [0.15, 0.2) is 11.4 Å². The topological polar surface area (TPSA) is 57.6 Å². The van der Waals surface area contributed by atoms with Crippen molar-refractivity contribution in [3.63, 3.8) is 0 Å². The molecule has 0 fully saturated rings. The summed E-state index contributed by atoms with van der Waals surface area (Å²) in [6, 6.07) is 15.4. The number of nitrogens with zero attached hydrogens (tertiary/aromatic N) is 1. The number of thiophene rings is 1. The second kappa shape index (κ2) is 7.85. The largest absolute Gasteiger partial charge is 0.375 e. The number of hydrogen-bond acceptors (Lipinski definition) is 4. The van der Waals surface area contributed by atoms with Crippen LogP contribution in [-0.2, 0) is 16.9 Å². The van der Waals surface area contributed by atoms with Crippen LogP contribution < -0.4 is 4.90 Å². The van der Waals surface area contributed by atoms with Crippen LogP contribution in [0.15, 0.2) is 58.4 Å². The second-order valence-electron chi connectivity index (χ2n) is 6.74. The first-order valence-corrected chi connectivity index (χ1v) is 11.0. The Balaban J connectivity index is 1.71. The van der Waals surface area contributed by atoms with Gasteiger partial charge in [0.05, 0.1) is 27.3 Å². The van der Waals surface area contributed by atoms with Crippen molar-refractivity contribution in [1.82, 2.24) is 0 Å². The highest BCUT2D eigenvalue weighted by atomic mass is 79.9. The Hall–Kier alpha value is -1.70. The van der Waals surface area contributed by atoms with E-state index >= 15 is 0 Å². The molecule has 1 aliphatic heterocycles. The first kappa shape index (κ1) is 20.6. The number of rotatable bonds is 5. The van der Waals surface area contributed by atoms with Gasteiger partial charge in [0.2, 0.25) is 0 Å².